The predicted octanol–water partition coefficient (Wildman–Crippen LogP) is 5.39. The van der Waals surface area contributed by atoms with Crippen molar-refractivity contribution in [2.45, 2.75) is 32.2 Å². The van der Waals surface area contributed by atoms with Gasteiger partial charge >= 0.3 is 0 Å². The van der Waals surface area contributed by atoms with Crippen molar-refractivity contribution in [1.29, 1.82) is 0 Å². The van der Waals surface area contributed by atoms with E-state index in [1.807, 2.05) is 24.3 Å². The smallest absolute Gasteiger partial charge is 0.260 e. The third kappa shape index (κ3) is 7.20. The number of piperidine rings is 1. The van der Waals surface area contributed by atoms with Gasteiger partial charge in [0.15, 0.2) is 0 Å². The number of likely N-dealkylation sites (tertiary alicyclic amines) is 1. The van der Waals surface area contributed by atoms with E-state index in [4.69, 9.17) is 26.1 Å². The highest BCUT2D eigenvalue weighted by atomic mass is 35.5. The van der Waals surface area contributed by atoms with Crippen molar-refractivity contribution in [3.05, 3.63) is 82.3 Å². The zero-order valence-electron chi connectivity index (χ0n) is 25.1. The maximum absolute atomic E-state index is 14.2. The number of carbonyl (C=O) groups is 1. The summed E-state index contributed by atoms with van der Waals surface area (Å²) >= 11 is 6.72. The van der Waals surface area contributed by atoms with Gasteiger partial charge < -0.3 is 25.0 Å². The lowest BCUT2D eigenvalue weighted by molar-refractivity contribution is -0.111. The van der Waals surface area contributed by atoms with Crippen LogP contribution in [0.4, 0.5) is 11.6 Å². The zero-order chi connectivity index (χ0) is 31.1. The summed E-state index contributed by atoms with van der Waals surface area (Å²) in [6, 6.07) is 12.7. The molecule has 44 heavy (non-hydrogen) atoms. The molecule has 3 heterocycles. The molecule has 1 amide bonds. The van der Waals surface area contributed by atoms with Crippen LogP contribution in [0.3, 0.4) is 0 Å². The highest BCUT2D eigenvalue weighted by Gasteiger charge is 2.19. The highest BCUT2D eigenvalue weighted by molar-refractivity contribution is 6.35. The topological polar surface area (TPSA) is 111 Å². The summed E-state index contributed by atoms with van der Waals surface area (Å²) in [7, 11) is 3.07. The van der Waals surface area contributed by atoms with Crippen LogP contribution in [0, 0.1) is 0 Å². The SMILES string of the molecule is C=CC(=O)Nc1ccc(CCn2c(=O)c(-c3cc(OC)cc(OC)c3Cl)cc3cnc(NCCN4CCCCC4)nc32)cc1. The number of pyridine rings is 1. The van der Waals surface area contributed by atoms with Crippen molar-refractivity contribution >= 4 is 40.2 Å². The third-order valence-corrected chi connectivity index (χ3v) is 8.17. The molecule has 0 unspecified atom stereocenters. The van der Waals surface area contributed by atoms with Crippen LogP contribution in [0.25, 0.3) is 22.2 Å². The first-order valence-corrected chi connectivity index (χ1v) is 15.1. The molecular formula is C33H37ClN6O4. The Kier molecular flexibility index (Phi) is 10.1. The lowest BCUT2D eigenvalue weighted by Gasteiger charge is -2.26. The van der Waals surface area contributed by atoms with Gasteiger partial charge in [0.1, 0.15) is 17.1 Å². The lowest BCUT2D eigenvalue weighted by Crippen LogP contribution is -2.34. The molecule has 0 saturated carbocycles. The van der Waals surface area contributed by atoms with E-state index in [1.165, 1.54) is 32.4 Å². The Hall–Kier alpha value is -4.41. The minimum Gasteiger partial charge on any atom is -0.497 e. The summed E-state index contributed by atoms with van der Waals surface area (Å²) in [4.78, 5) is 37.6. The Morgan fingerprint density at radius 1 is 1.05 bits per heavy atom. The molecule has 0 atom stereocenters. The van der Waals surface area contributed by atoms with Gasteiger partial charge in [-0.3, -0.25) is 14.2 Å². The molecule has 2 aromatic heterocycles. The summed E-state index contributed by atoms with van der Waals surface area (Å²) in [5.74, 6) is 1.11. The average molecular weight is 617 g/mol. The van der Waals surface area contributed by atoms with Crippen LogP contribution in [-0.4, -0.2) is 65.7 Å². The van der Waals surface area contributed by atoms with Crippen LogP contribution < -0.4 is 25.7 Å². The number of fused-ring (bicyclic) bond motifs is 1. The number of anilines is 2. The molecule has 0 aliphatic carbocycles. The van der Waals surface area contributed by atoms with E-state index in [9.17, 15) is 9.59 Å². The molecule has 5 rings (SSSR count). The summed E-state index contributed by atoms with van der Waals surface area (Å²) in [6.07, 6.45) is 7.26. The van der Waals surface area contributed by atoms with E-state index in [0.29, 0.717) is 69.8 Å². The quantitative estimate of drug-likeness (QED) is 0.204. The van der Waals surface area contributed by atoms with E-state index < -0.39 is 0 Å². The predicted molar refractivity (Wildman–Crippen MR) is 175 cm³/mol. The number of nitrogens with zero attached hydrogens (tertiary/aromatic N) is 4. The van der Waals surface area contributed by atoms with Crippen LogP contribution in [0.2, 0.25) is 5.02 Å². The van der Waals surface area contributed by atoms with Gasteiger partial charge in [-0.1, -0.05) is 36.7 Å². The minimum absolute atomic E-state index is 0.248. The molecule has 2 aromatic carbocycles. The fourth-order valence-electron chi connectivity index (χ4n) is 5.38. The number of amides is 1. The number of carbonyl (C=O) groups excluding carboxylic acids is 1. The second-order valence-corrected chi connectivity index (χ2v) is 11.0. The molecule has 4 aromatic rings. The molecule has 1 saturated heterocycles. The van der Waals surface area contributed by atoms with Gasteiger partial charge in [0.05, 0.1) is 19.2 Å². The first kappa shape index (κ1) is 31.0. The second kappa shape index (κ2) is 14.4. The number of aryl methyl sites for hydroxylation is 2. The molecule has 0 radical (unpaired) electrons. The first-order valence-electron chi connectivity index (χ1n) is 14.7. The minimum atomic E-state index is -0.277. The molecule has 2 N–H and O–H groups in total. The maximum Gasteiger partial charge on any atom is 0.260 e. The van der Waals surface area contributed by atoms with E-state index in [-0.39, 0.29) is 11.5 Å². The van der Waals surface area contributed by atoms with E-state index >= 15 is 0 Å². The summed E-state index contributed by atoms with van der Waals surface area (Å²) < 4.78 is 12.6. The molecule has 10 nitrogen and oxygen atoms in total. The molecule has 230 valence electrons. The molecule has 0 bridgehead atoms. The summed E-state index contributed by atoms with van der Waals surface area (Å²) in [6.45, 7) is 7.68. The van der Waals surface area contributed by atoms with Gasteiger partial charge in [-0.15, -0.1) is 0 Å². The number of nitrogens with one attached hydrogen (secondary N) is 2. The number of halogens is 1. The molecule has 1 aliphatic rings. The molecular weight excluding hydrogens is 580 g/mol. The van der Waals surface area contributed by atoms with Crippen molar-refractivity contribution in [2.75, 3.05) is 51.0 Å². The van der Waals surface area contributed by atoms with Crippen LogP contribution in [0.5, 0.6) is 11.5 Å². The fraction of sp³-hybridized carbons (Fsp3) is 0.333. The van der Waals surface area contributed by atoms with Gasteiger partial charge in [0.2, 0.25) is 11.9 Å². The van der Waals surface area contributed by atoms with Gasteiger partial charge in [-0.2, -0.15) is 4.98 Å². The van der Waals surface area contributed by atoms with E-state index in [0.717, 1.165) is 25.2 Å². The number of hydrogen-bond donors (Lipinski definition) is 2. The second-order valence-electron chi connectivity index (χ2n) is 10.6. The van der Waals surface area contributed by atoms with E-state index in [1.54, 1.807) is 36.1 Å². The van der Waals surface area contributed by atoms with E-state index in [2.05, 4.69) is 27.1 Å². The van der Waals surface area contributed by atoms with Crippen molar-refractivity contribution < 1.29 is 14.3 Å². The molecule has 11 heteroatoms. The number of rotatable bonds is 12. The molecule has 1 fully saturated rings. The van der Waals surface area contributed by atoms with Gasteiger partial charge in [0, 0.05) is 54.1 Å². The van der Waals surface area contributed by atoms with Crippen molar-refractivity contribution in [2.24, 2.45) is 0 Å². The Morgan fingerprint density at radius 2 is 1.82 bits per heavy atom. The monoisotopic (exact) mass is 616 g/mol. The van der Waals surface area contributed by atoms with Gasteiger partial charge in [-0.25, -0.2) is 4.98 Å². The number of hydrogen-bond acceptors (Lipinski definition) is 8. The fourth-order valence-corrected chi connectivity index (χ4v) is 5.67. The van der Waals surface area contributed by atoms with Crippen molar-refractivity contribution in [1.82, 2.24) is 19.4 Å². The Balaban J connectivity index is 1.50. The normalized spacial score (nSPS) is 13.4. The van der Waals surface area contributed by atoms with Crippen LogP contribution in [-0.2, 0) is 17.8 Å². The number of aromatic nitrogens is 3. The van der Waals surface area contributed by atoms with Crippen molar-refractivity contribution in [3.63, 3.8) is 0 Å². The average Bonchev–Trinajstić information content (AvgIpc) is 3.05. The molecule has 1 aliphatic heterocycles. The Labute approximate surface area is 261 Å². The van der Waals surface area contributed by atoms with Crippen LogP contribution in [0.15, 0.2) is 66.1 Å². The number of ether oxygens (including phenoxy) is 2. The first-order chi connectivity index (χ1) is 21.4. The Morgan fingerprint density at radius 3 is 2.52 bits per heavy atom. The van der Waals surface area contributed by atoms with Crippen LogP contribution >= 0.6 is 11.6 Å². The van der Waals surface area contributed by atoms with Crippen LogP contribution in [0.1, 0.15) is 24.8 Å². The lowest BCUT2D eigenvalue weighted by atomic mass is 10.0. The van der Waals surface area contributed by atoms with Gasteiger partial charge in [0.25, 0.3) is 5.56 Å². The number of benzene rings is 2. The zero-order valence-corrected chi connectivity index (χ0v) is 25.8. The van der Waals surface area contributed by atoms with Crippen molar-refractivity contribution in [3.8, 4) is 22.6 Å². The molecule has 0 spiro atoms. The van der Waals surface area contributed by atoms with Gasteiger partial charge in [-0.05, 0) is 68.3 Å². The third-order valence-electron chi connectivity index (χ3n) is 7.78. The largest absolute Gasteiger partial charge is 0.497 e. The number of methoxy groups -OCH3 is 2. The highest BCUT2D eigenvalue weighted by Crippen LogP contribution is 2.38. The standard InChI is InChI=1S/C33H37ClN6O4/c1-4-29(41)37-24-10-8-22(9-11-24)12-16-40-31-23(21-36-33(38-31)35-13-17-39-14-6-5-7-15-39)18-27(32(40)42)26-19-25(43-2)20-28(44-3)30(26)34/h4,8-11,18-21H,1,5-7,12-17H2,2-3H3,(H,37,41)(H,35,36,38). The Bertz CT molecular complexity index is 1700. The maximum atomic E-state index is 14.2. The summed E-state index contributed by atoms with van der Waals surface area (Å²) in [5, 5.41) is 7.10. The summed E-state index contributed by atoms with van der Waals surface area (Å²) in [5.41, 5.74) is 2.81.